The van der Waals surface area contributed by atoms with Gasteiger partial charge in [-0.3, -0.25) is 4.79 Å². The molecule has 0 saturated heterocycles. The highest BCUT2D eigenvalue weighted by Gasteiger charge is 2.13. The van der Waals surface area contributed by atoms with Crippen LogP contribution in [0.25, 0.3) is 33.4 Å². The number of hydrogen-bond donors (Lipinski definition) is 5. The molecule has 8 nitrogen and oxygen atoms in total. The highest BCUT2D eigenvalue weighted by Crippen LogP contribution is 2.34. The number of phenolic OH excluding ortho intramolecular Hbond substituents is 5. The van der Waals surface area contributed by atoms with Crippen LogP contribution in [0.4, 0.5) is 0 Å². The second kappa shape index (κ2) is 10.0. The van der Waals surface area contributed by atoms with Gasteiger partial charge in [-0.05, 0) is 53.6 Å². The molecule has 0 aliphatic rings. The molecule has 0 radical (unpaired) electrons. The number of fused-ring (bicyclic) bond motifs is 1. The third kappa shape index (κ3) is 5.18. The van der Waals surface area contributed by atoms with Gasteiger partial charge >= 0.3 is 0 Å². The Labute approximate surface area is 205 Å². The molecule has 0 amide bonds. The van der Waals surface area contributed by atoms with Gasteiger partial charge in [0.2, 0.25) is 0 Å². The van der Waals surface area contributed by atoms with Gasteiger partial charge in [0.05, 0.1) is 7.11 Å². The summed E-state index contributed by atoms with van der Waals surface area (Å²) in [6.07, 6.45) is 0. The first-order chi connectivity index (χ1) is 17.2. The normalized spacial score (nSPS) is 10.5. The van der Waals surface area contributed by atoms with Crippen molar-refractivity contribution < 1.29 is 34.7 Å². The maximum absolute atomic E-state index is 12.1. The summed E-state index contributed by atoms with van der Waals surface area (Å²) in [5, 5.41) is 47.4. The summed E-state index contributed by atoms with van der Waals surface area (Å²) >= 11 is 0. The van der Waals surface area contributed by atoms with E-state index in [1.165, 1.54) is 31.4 Å². The van der Waals surface area contributed by atoms with Crippen molar-refractivity contribution in [3.8, 4) is 56.9 Å². The van der Waals surface area contributed by atoms with E-state index in [1.54, 1.807) is 36.4 Å². The Kier molecular flexibility index (Phi) is 6.69. The van der Waals surface area contributed by atoms with Crippen LogP contribution < -0.4 is 10.2 Å². The predicted molar refractivity (Wildman–Crippen MR) is 135 cm³/mol. The number of ether oxygens (including phenoxy) is 1. The van der Waals surface area contributed by atoms with Crippen molar-refractivity contribution in [3.63, 3.8) is 0 Å². The van der Waals surface area contributed by atoms with Gasteiger partial charge in [0.1, 0.15) is 39.7 Å². The summed E-state index contributed by atoms with van der Waals surface area (Å²) in [4.78, 5) is 12.1. The third-order valence-corrected chi connectivity index (χ3v) is 5.30. The number of aromatic hydroxyl groups is 5. The van der Waals surface area contributed by atoms with Gasteiger partial charge in [-0.15, -0.1) is 0 Å². The molecule has 1 aromatic heterocycles. The number of benzene rings is 4. The van der Waals surface area contributed by atoms with Crippen LogP contribution in [0, 0.1) is 0 Å². The molecule has 182 valence electrons. The van der Waals surface area contributed by atoms with E-state index < -0.39 is 5.43 Å². The maximum Gasteiger partial charge on any atom is 0.197 e. The second-order valence-corrected chi connectivity index (χ2v) is 7.80. The van der Waals surface area contributed by atoms with Crippen LogP contribution in [0.5, 0.6) is 34.5 Å². The minimum Gasteiger partial charge on any atom is -0.508 e. The molecule has 4 aromatic carbocycles. The molecule has 5 aromatic rings. The first-order valence-electron chi connectivity index (χ1n) is 10.7. The summed E-state index contributed by atoms with van der Waals surface area (Å²) in [5.74, 6) is 0.310. The zero-order valence-corrected chi connectivity index (χ0v) is 19.0. The minimum atomic E-state index is -0.455. The van der Waals surface area contributed by atoms with Crippen molar-refractivity contribution >= 4 is 11.0 Å². The van der Waals surface area contributed by atoms with Crippen LogP contribution in [0.3, 0.4) is 0 Å². The van der Waals surface area contributed by atoms with E-state index in [0.29, 0.717) is 11.3 Å². The van der Waals surface area contributed by atoms with Gasteiger partial charge in [-0.1, -0.05) is 24.3 Å². The van der Waals surface area contributed by atoms with Crippen molar-refractivity contribution in [3.05, 3.63) is 95.2 Å². The number of hydrogen-bond acceptors (Lipinski definition) is 8. The molecule has 5 N–H and O–H groups in total. The lowest BCUT2D eigenvalue weighted by Crippen LogP contribution is -2.00. The molecule has 36 heavy (non-hydrogen) atoms. The molecule has 0 unspecified atom stereocenters. The van der Waals surface area contributed by atoms with Crippen molar-refractivity contribution in [1.82, 2.24) is 0 Å². The Morgan fingerprint density at radius 3 is 2.03 bits per heavy atom. The average Bonchev–Trinajstić information content (AvgIpc) is 2.84. The molecule has 0 aliphatic carbocycles. The predicted octanol–water partition coefficient (Wildman–Crippen LogP) is 5.35. The molecule has 0 atom stereocenters. The quantitative estimate of drug-likeness (QED) is 0.230. The van der Waals surface area contributed by atoms with Gasteiger partial charge in [-0.25, -0.2) is 0 Å². The third-order valence-electron chi connectivity index (χ3n) is 5.30. The standard InChI is InChI=1S/C16H12O6.C12H10O2/c1-21-13-3-2-8(4-10(13)18)14-7-12(20)16-11(19)5-9(17)6-15(16)22-14;13-11-6-4-9(5-7-11)10-2-1-3-12(14)8-10/h2-7,17-19H,1H3;1-8,13-14H. The lowest BCUT2D eigenvalue weighted by Gasteiger charge is -2.07. The molecule has 0 fully saturated rings. The molecular weight excluding hydrogens is 464 g/mol. The Morgan fingerprint density at radius 1 is 0.639 bits per heavy atom. The van der Waals surface area contributed by atoms with E-state index >= 15 is 0 Å². The van der Waals surface area contributed by atoms with Crippen molar-refractivity contribution in [2.75, 3.05) is 7.11 Å². The molecular formula is C28H22O8. The van der Waals surface area contributed by atoms with Crippen LogP contribution in [0.1, 0.15) is 0 Å². The lowest BCUT2D eigenvalue weighted by atomic mass is 10.1. The topological polar surface area (TPSA) is 141 Å². The van der Waals surface area contributed by atoms with Gasteiger partial charge in [-0.2, -0.15) is 0 Å². The van der Waals surface area contributed by atoms with E-state index in [-0.39, 0.29) is 45.5 Å². The fourth-order valence-electron chi connectivity index (χ4n) is 3.58. The summed E-state index contributed by atoms with van der Waals surface area (Å²) < 4.78 is 10.5. The Morgan fingerprint density at radius 2 is 1.36 bits per heavy atom. The first kappa shape index (κ1) is 24.0. The van der Waals surface area contributed by atoms with E-state index in [4.69, 9.17) is 14.3 Å². The SMILES string of the molecule is COc1ccc(-c2cc(=O)c3c(O)cc(O)cc3o2)cc1O.Oc1ccc(-c2cccc(O)c2)cc1. The van der Waals surface area contributed by atoms with E-state index in [2.05, 4.69) is 0 Å². The molecule has 0 aliphatic heterocycles. The molecule has 1 heterocycles. The summed E-state index contributed by atoms with van der Waals surface area (Å²) in [5.41, 5.74) is 1.96. The van der Waals surface area contributed by atoms with Gasteiger partial charge in [0.25, 0.3) is 0 Å². The number of methoxy groups -OCH3 is 1. The molecule has 0 bridgehead atoms. The smallest absolute Gasteiger partial charge is 0.197 e. The van der Waals surface area contributed by atoms with Crippen LogP contribution in [-0.4, -0.2) is 32.6 Å². The average molecular weight is 486 g/mol. The molecule has 8 heteroatoms. The fraction of sp³-hybridized carbons (Fsp3) is 0.0357. The second-order valence-electron chi connectivity index (χ2n) is 7.80. The monoisotopic (exact) mass is 486 g/mol. The lowest BCUT2D eigenvalue weighted by molar-refractivity contribution is 0.373. The van der Waals surface area contributed by atoms with Crippen LogP contribution >= 0.6 is 0 Å². The zero-order chi connectivity index (χ0) is 25.8. The van der Waals surface area contributed by atoms with Crippen LogP contribution in [-0.2, 0) is 0 Å². The molecule has 0 spiro atoms. The van der Waals surface area contributed by atoms with Crippen molar-refractivity contribution in [2.45, 2.75) is 0 Å². The van der Waals surface area contributed by atoms with E-state index in [0.717, 1.165) is 17.2 Å². The maximum atomic E-state index is 12.1. The van der Waals surface area contributed by atoms with Gasteiger partial charge in [0, 0.05) is 23.8 Å². The van der Waals surface area contributed by atoms with Crippen molar-refractivity contribution in [2.24, 2.45) is 0 Å². The Bertz CT molecular complexity index is 1590. The fourth-order valence-corrected chi connectivity index (χ4v) is 3.58. The largest absolute Gasteiger partial charge is 0.508 e. The highest BCUT2D eigenvalue weighted by molar-refractivity contribution is 5.86. The highest BCUT2D eigenvalue weighted by atomic mass is 16.5. The summed E-state index contributed by atoms with van der Waals surface area (Å²) in [6, 6.07) is 21.9. The minimum absolute atomic E-state index is 0.0146. The summed E-state index contributed by atoms with van der Waals surface area (Å²) in [7, 11) is 1.43. The molecule has 0 saturated carbocycles. The molecule has 5 rings (SSSR count). The van der Waals surface area contributed by atoms with Gasteiger partial charge in [0.15, 0.2) is 16.9 Å². The first-order valence-corrected chi connectivity index (χ1v) is 10.7. The van der Waals surface area contributed by atoms with Gasteiger partial charge < -0.3 is 34.7 Å². The Hall–Kier alpha value is -5.11. The van der Waals surface area contributed by atoms with E-state index in [9.17, 15) is 25.2 Å². The summed E-state index contributed by atoms with van der Waals surface area (Å²) in [6.45, 7) is 0. The Balaban J connectivity index is 0.000000187. The van der Waals surface area contributed by atoms with Crippen molar-refractivity contribution in [1.29, 1.82) is 0 Å². The zero-order valence-electron chi connectivity index (χ0n) is 19.0. The van der Waals surface area contributed by atoms with Crippen LogP contribution in [0.15, 0.2) is 94.1 Å². The number of phenols is 5. The number of rotatable bonds is 3. The van der Waals surface area contributed by atoms with Crippen LogP contribution in [0.2, 0.25) is 0 Å². The van der Waals surface area contributed by atoms with E-state index in [1.807, 2.05) is 18.2 Å².